The number of carbonyl (C=O) groups is 1. The first kappa shape index (κ1) is 22.8. The highest BCUT2D eigenvalue weighted by molar-refractivity contribution is 7.16. The first-order valence-electron chi connectivity index (χ1n) is 10.2. The van der Waals surface area contributed by atoms with Gasteiger partial charge in [0.2, 0.25) is 0 Å². The monoisotopic (exact) mass is 444 g/mol. The summed E-state index contributed by atoms with van der Waals surface area (Å²) in [5, 5.41) is 0. The second-order valence-corrected chi connectivity index (χ2v) is 7.86. The van der Waals surface area contributed by atoms with E-state index in [1.165, 1.54) is 11.3 Å². The molecule has 8 heteroatoms. The zero-order valence-electron chi connectivity index (χ0n) is 18.3. The highest BCUT2D eigenvalue weighted by Gasteiger charge is 2.14. The van der Waals surface area contributed by atoms with E-state index >= 15 is 0 Å². The van der Waals surface area contributed by atoms with Crippen molar-refractivity contribution in [1.82, 2.24) is 4.57 Å². The summed E-state index contributed by atoms with van der Waals surface area (Å²) in [6, 6.07) is 10.9. The third-order valence-corrected chi connectivity index (χ3v) is 5.79. The fourth-order valence-corrected chi connectivity index (χ4v) is 4.15. The Morgan fingerprint density at radius 1 is 1.06 bits per heavy atom. The fourth-order valence-electron chi connectivity index (χ4n) is 3.09. The Hall–Kier alpha value is -2.84. The summed E-state index contributed by atoms with van der Waals surface area (Å²) in [6.07, 6.45) is 2.02. The molecule has 0 bridgehead atoms. The Morgan fingerprint density at radius 3 is 2.55 bits per heavy atom. The molecule has 1 amide bonds. The molecule has 31 heavy (non-hydrogen) atoms. The Labute approximate surface area is 185 Å². The number of ether oxygens (including phenoxy) is 4. The van der Waals surface area contributed by atoms with E-state index in [0.29, 0.717) is 47.4 Å². The van der Waals surface area contributed by atoms with Crippen molar-refractivity contribution in [2.75, 3.05) is 34.5 Å². The maximum absolute atomic E-state index is 12.9. The molecule has 0 aliphatic rings. The van der Waals surface area contributed by atoms with Crippen LogP contribution < -0.4 is 19.0 Å². The number of hydrogen-bond acceptors (Lipinski definition) is 6. The summed E-state index contributed by atoms with van der Waals surface area (Å²) < 4.78 is 24.7. The van der Waals surface area contributed by atoms with E-state index in [1.54, 1.807) is 33.5 Å². The van der Waals surface area contributed by atoms with E-state index in [9.17, 15) is 4.79 Å². The van der Waals surface area contributed by atoms with Crippen molar-refractivity contribution in [3.8, 4) is 17.2 Å². The fraction of sp³-hybridized carbons (Fsp3) is 0.391. The largest absolute Gasteiger partial charge is 0.494 e. The molecule has 0 N–H and O–H groups in total. The number of thiazole rings is 1. The van der Waals surface area contributed by atoms with Gasteiger partial charge in [0.25, 0.3) is 5.91 Å². The maximum Gasteiger partial charge on any atom is 0.279 e. The molecule has 7 nitrogen and oxygen atoms in total. The second kappa shape index (κ2) is 11.0. The Kier molecular flexibility index (Phi) is 8.08. The van der Waals surface area contributed by atoms with Gasteiger partial charge >= 0.3 is 0 Å². The lowest BCUT2D eigenvalue weighted by Crippen LogP contribution is -2.19. The molecule has 0 fully saturated rings. The van der Waals surface area contributed by atoms with Crippen LogP contribution in [0.15, 0.2) is 41.4 Å². The Balaban J connectivity index is 2.02. The van der Waals surface area contributed by atoms with Gasteiger partial charge in [-0.3, -0.25) is 4.79 Å². The van der Waals surface area contributed by atoms with Gasteiger partial charge in [-0.25, -0.2) is 0 Å². The first-order chi connectivity index (χ1) is 15.1. The smallest absolute Gasteiger partial charge is 0.279 e. The van der Waals surface area contributed by atoms with E-state index in [2.05, 4.69) is 11.9 Å². The number of rotatable bonds is 10. The van der Waals surface area contributed by atoms with Crippen LogP contribution in [0.5, 0.6) is 17.2 Å². The molecule has 2 aromatic carbocycles. The molecular formula is C23H28N2O5S. The van der Waals surface area contributed by atoms with Gasteiger partial charge in [0.1, 0.15) is 5.75 Å². The molecule has 3 aromatic rings. The molecule has 0 aliphatic heterocycles. The van der Waals surface area contributed by atoms with Crippen LogP contribution in [0.4, 0.5) is 0 Å². The van der Waals surface area contributed by atoms with E-state index in [-0.39, 0.29) is 5.91 Å². The molecule has 0 aliphatic carbocycles. The highest BCUT2D eigenvalue weighted by atomic mass is 32.1. The van der Waals surface area contributed by atoms with Crippen LogP contribution in [-0.4, -0.2) is 45.0 Å². The Morgan fingerprint density at radius 2 is 1.84 bits per heavy atom. The molecular weight excluding hydrogens is 416 g/mol. The number of methoxy groups -OCH3 is 3. The lowest BCUT2D eigenvalue weighted by molar-refractivity contribution is 0.0997. The molecule has 0 atom stereocenters. The van der Waals surface area contributed by atoms with E-state index in [0.717, 1.165) is 23.1 Å². The highest BCUT2D eigenvalue weighted by Crippen LogP contribution is 2.33. The van der Waals surface area contributed by atoms with Gasteiger partial charge in [0.05, 0.1) is 37.6 Å². The minimum Gasteiger partial charge on any atom is -0.494 e. The zero-order chi connectivity index (χ0) is 22.2. The lowest BCUT2D eigenvalue weighted by atomic mass is 10.2. The van der Waals surface area contributed by atoms with Crippen LogP contribution >= 0.6 is 11.3 Å². The number of aromatic nitrogens is 1. The second-order valence-electron chi connectivity index (χ2n) is 6.85. The molecule has 1 heterocycles. The Bertz CT molecular complexity index is 1100. The van der Waals surface area contributed by atoms with Crippen molar-refractivity contribution in [1.29, 1.82) is 0 Å². The average molecular weight is 445 g/mol. The van der Waals surface area contributed by atoms with Crippen molar-refractivity contribution in [2.24, 2.45) is 4.99 Å². The van der Waals surface area contributed by atoms with Crippen LogP contribution in [0, 0.1) is 0 Å². The molecule has 0 radical (unpaired) electrons. The number of amides is 1. The third kappa shape index (κ3) is 5.45. The number of unbranched alkanes of at least 4 members (excludes halogenated alkanes) is 1. The van der Waals surface area contributed by atoms with Crippen LogP contribution in [0.2, 0.25) is 0 Å². The molecule has 0 saturated carbocycles. The number of fused-ring (bicyclic) bond motifs is 1. The number of nitrogens with zero attached hydrogens (tertiary/aromatic N) is 2. The SMILES string of the molecule is CCCCOc1cccc(C(=O)N=c2sc3cc(OC)c(OC)cc3n2CCOC)c1. The average Bonchev–Trinajstić information content (AvgIpc) is 3.12. The summed E-state index contributed by atoms with van der Waals surface area (Å²) in [5.74, 6) is 1.60. The molecule has 0 unspecified atom stereocenters. The van der Waals surface area contributed by atoms with Gasteiger partial charge in [-0.05, 0) is 24.6 Å². The number of benzene rings is 2. The molecule has 0 saturated heterocycles. The van der Waals surface area contributed by atoms with Crippen LogP contribution in [0.25, 0.3) is 10.2 Å². The van der Waals surface area contributed by atoms with Crippen LogP contribution in [0.3, 0.4) is 0 Å². The molecule has 1 aromatic heterocycles. The van der Waals surface area contributed by atoms with Gasteiger partial charge in [0, 0.05) is 31.4 Å². The zero-order valence-corrected chi connectivity index (χ0v) is 19.2. The van der Waals surface area contributed by atoms with Crippen molar-refractivity contribution >= 4 is 27.5 Å². The van der Waals surface area contributed by atoms with Crippen molar-refractivity contribution in [2.45, 2.75) is 26.3 Å². The quantitative estimate of drug-likeness (QED) is 0.436. The molecule has 166 valence electrons. The number of hydrogen-bond donors (Lipinski definition) is 0. The van der Waals surface area contributed by atoms with Crippen molar-refractivity contribution < 1.29 is 23.7 Å². The van der Waals surface area contributed by atoms with Gasteiger partial charge in [-0.15, -0.1) is 0 Å². The summed E-state index contributed by atoms with van der Waals surface area (Å²) in [7, 11) is 4.84. The van der Waals surface area contributed by atoms with Crippen molar-refractivity contribution in [3.05, 3.63) is 46.8 Å². The normalized spacial score (nSPS) is 11.7. The van der Waals surface area contributed by atoms with Gasteiger partial charge in [-0.1, -0.05) is 30.7 Å². The van der Waals surface area contributed by atoms with E-state index in [4.69, 9.17) is 18.9 Å². The summed E-state index contributed by atoms with van der Waals surface area (Å²) in [6.45, 7) is 3.78. The van der Waals surface area contributed by atoms with Crippen LogP contribution in [-0.2, 0) is 11.3 Å². The minimum absolute atomic E-state index is 0.322. The first-order valence-corrected chi connectivity index (χ1v) is 11.0. The van der Waals surface area contributed by atoms with Crippen LogP contribution in [0.1, 0.15) is 30.1 Å². The summed E-state index contributed by atoms with van der Waals surface area (Å²) >= 11 is 1.42. The maximum atomic E-state index is 12.9. The molecule has 3 rings (SSSR count). The topological polar surface area (TPSA) is 71.3 Å². The van der Waals surface area contributed by atoms with Gasteiger partial charge < -0.3 is 23.5 Å². The summed E-state index contributed by atoms with van der Waals surface area (Å²) in [5.41, 5.74) is 1.39. The van der Waals surface area contributed by atoms with Gasteiger partial charge in [0.15, 0.2) is 16.3 Å². The van der Waals surface area contributed by atoms with Crippen molar-refractivity contribution in [3.63, 3.8) is 0 Å². The summed E-state index contributed by atoms with van der Waals surface area (Å²) in [4.78, 5) is 17.9. The van der Waals surface area contributed by atoms with Gasteiger partial charge in [-0.2, -0.15) is 4.99 Å². The lowest BCUT2D eigenvalue weighted by Gasteiger charge is -2.09. The van der Waals surface area contributed by atoms with E-state index < -0.39 is 0 Å². The third-order valence-electron chi connectivity index (χ3n) is 4.75. The minimum atomic E-state index is -0.322. The predicted molar refractivity (Wildman–Crippen MR) is 122 cm³/mol. The van der Waals surface area contributed by atoms with E-state index in [1.807, 2.05) is 28.8 Å². The molecule has 0 spiro atoms. The standard InChI is InChI=1S/C23H28N2O5S/c1-5-6-11-30-17-9-7-8-16(13-17)22(26)24-23-25(10-12-27-2)18-14-19(28-3)20(29-4)15-21(18)31-23/h7-9,13-15H,5-6,10-12H2,1-4H3. The predicted octanol–water partition coefficient (Wildman–Crippen LogP) is 4.29. The number of carbonyl (C=O) groups excluding carboxylic acids is 1.